The average Bonchev–Trinajstić information content (AvgIpc) is 2.66. The Morgan fingerprint density at radius 2 is 1.93 bits per heavy atom. The van der Waals surface area contributed by atoms with Crippen LogP contribution in [0, 0.1) is 5.41 Å². The van der Waals surface area contributed by atoms with Gasteiger partial charge in [-0.15, -0.1) is 24.8 Å². The lowest BCUT2D eigenvalue weighted by molar-refractivity contribution is 0.0511. The first-order chi connectivity index (χ1) is 12.2. The summed E-state index contributed by atoms with van der Waals surface area (Å²) >= 11 is 0. The van der Waals surface area contributed by atoms with Crippen molar-refractivity contribution in [2.45, 2.75) is 12.8 Å². The van der Waals surface area contributed by atoms with Crippen LogP contribution >= 0.6 is 24.8 Å². The van der Waals surface area contributed by atoms with E-state index < -0.39 is 0 Å². The highest BCUT2D eigenvalue weighted by Crippen LogP contribution is 2.28. The van der Waals surface area contributed by atoms with Crippen LogP contribution in [-0.2, 0) is 4.74 Å². The van der Waals surface area contributed by atoms with Gasteiger partial charge in [-0.3, -0.25) is 4.79 Å². The van der Waals surface area contributed by atoms with E-state index in [0.717, 1.165) is 42.6 Å². The van der Waals surface area contributed by atoms with Crippen LogP contribution < -0.4 is 15.4 Å². The molecule has 2 heterocycles. The Morgan fingerprint density at radius 3 is 2.59 bits per heavy atom. The second-order valence-corrected chi connectivity index (χ2v) is 6.62. The fraction of sp³-hybridized carbons (Fsp3) is 0.474. The molecule has 0 unspecified atom stereocenters. The van der Waals surface area contributed by atoms with E-state index in [9.17, 15) is 4.79 Å². The van der Waals surface area contributed by atoms with Crippen molar-refractivity contribution in [3.63, 3.8) is 0 Å². The molecule has 1 amide bonds. The molecule has 2 aromatic rings. The Balaban J connectivity index is 0.00000182. The number of methoxy groups -OCH3 is 2. The number of carbonyl (C=O) groups is 1. The number of ether oxygens (including phenoxy) is 2. The van der Waals surface area contributed by atoms with Gasteiger partial charge in [0.1, 0.15) is 11.4 Å². The summed E-state index contributed by atoms with van der Waals surface area (Å²) in [4.78, 5) is 17.0. The van der Waals surface area contributed by atoms with Crippen molar-refractivity contribution in [1.82, 2.24) is 15.6 Å². The quantitative estimate of drug-likeness (QED) is 0.758. The predicted octanol–water partition coefficient (Wildman–Crippen LogP) is 2.83. The van der Waals surface area contributed by atoms with E-state index in [-0.39, 0.29) is 36.1 Å². The van der Waals surface area contributed by atoms with Crippen LogP contribution in [0.25, 0.3) is 10.9 Å². The zero-order chi connectivity index (χ0) is 17.7. The number of amides is 1. The Kier molecular flexibility index (Phi) is 9.26. The smallest absolute Gasteiger partial charge is 0.269 e. The molecule has 0 radical (unpaired) electrons. The molecule has 1 aliphatic rings. The van der Waals surface area contributed by atoms with Crippen molar-refractivity contribution in [3.8, 4) is 5.75 Å². The van der Waals surface area contributed by atoms with E-state index in [4.69, 9.17) is 9.47 Å². The van der Waals surface area contributed by atoms with E-state index in [0.29, 0.717) is 18.8 Å². The van der Waals surface area contributed by atoms with Crippen LogP contribution in [0.1, 0.15) is 23.3 Å². The standard InChI is InChI=1S/C19H25N3O3.2ClH/c1-24-13-19(7-9-20-10-8-19)12-21-18(23)17-5-3-14-11-15(25-2)4-6-16(14)22-17;;/h3-6,11,20H,7-10,12-13H2,1-2H3,(H,21,23);2*1H. The molecule has 3 rings (SSSR count). The molecule has 0 atom stereocenters. The summed E-state index contributed by atoms with van der Waals surface area (Å²) in [6.45, 7) is 3.16. The van der Waals surface area contributed by atoms with Crippen LogP contribution in [-0.4, -0.2) is 51.4 Å². The van der Waals surface area contributed by atoms with Crippen molar-refractivity contribution in [2.75, 3.05) is 40.5 Å². The Hall–Kier alpha value is -1.60. The molecule has 1 aromatic heterocycles. The molecule has 150 valence electrons. The van der Waals surface area contributed by atoms with Gasteiger partial charge in [0.05, 0.1) is 19.2 Å². The molecular formula is C19H27Cl2N3O3. The van der Waals surface area contributed by atoms with Gasteiger partial charge in [0, 0.05) is 24.5 Å². The number of halogens is 2. The maximum absolute atomic E-state index is 12.5. The molecule has 1 fully saturated rings. The highest BCUT2D eigenvalue weighted by Gasteiger charge is 2.32. The molecule has 27 heavy (non-hydrogen) atoms. The number of nitrogens with zero attached hydrogens (tertiary/aromatic N) is 1. The lowest BCUT2D eigenvalue weighted by Crippen LogP contribution is -2.47. The van der Waals surface area contributed by atoms with Crippen LogP contribution in [0.2, 0.25) is 0 Å². The Bertz CT molecular complexity index is 747. The summed E-state index contributed by atoms with van der Waals surface area (Å²) < 4.78 is 10.6. The summed E-state index contributed by atoms with van der Waals surface area (Å²) in [5.74, 6) is 0.630. The first kappa shape index (κ1) is 23.4. The molecule has 8 heteroatoms. The van der Waals surface area contributed by atoms with E-state index in [1.54, 1.807) is 20.3 Å². The highest BCUT2D eigenvalue weighted by molar-refractivity contribution is 5.95. The van der Waals surface area contributed by atoms with E-state index in [1.165, 1.54) is 0 Å². The van der Waals surface area contributed by atoms with Crippen molar-refractivity contribution in [2.24, 2.45) is 5.41 Å². The zero-order valence-electron chi connectivity index (χ0n) is 15.6. The maximum Gasteiger partial charge on any atom is 0.269 e. The highest BCUT2D eigenvalue weighted by atomic mass is 35.5. The largest absolute Gasteiger partial charge is 0.497 e. The fourth-order valence-electron chi connectivity index (χ4n) is 3.35. The summed E-state index contributed by atoms with van der Waals surface area (Å²) in [5, 5.41) is 7.35. The van der Waals surface area contributed by atoms with Crippen molar-refractivity contribution in [1.29, 1.82) is 0 Å². The molecule has 1 aromatic carbocycles. The normalized spacial score (nSPS) is 15.3. The SMILES string of the molecule is COCC1(CNC(=O)c2ccc3cc(OC)ccc3n2)CCNCC1.Cl.Cl. The van der Waals surface area contributed by atoms with Gasteiger partial charge in [-0.25, -0.2) is 4.98 Å². The predicted molar refractivity (Wildman–Crippen MR) is 112 cm³/mol. The molecule has 2 N–H and O–H groups in total. The van der Waals surface area contributed by atoms with Gasteiger partial charge in [0.25, 0.3) is 5.91 Å². The molecule has 0 aliphatic carbocycles. The number of piperidine rings is 1. The van der Waals surface area contributed by atoms with Crippen LogP contribution in [0.3, 0.4) is 0 Å². The number of nitrogens with one attached hydrogen (secondary N) is 2. The number of rotatable bonds is 6. The summed E-state index contributed by atoms with van der Waals surface area (Å²) in [5.41, 5.74) is 1.21. The molecule has 0 bridgehead atoms. The number of hydrogen-bond donors (Lipinski definition) is 2. The molecule has 1 aliphatic heterocycles. The second-order valence-electron chi connectivity index (χ2n) is 6.62. The third-order valence-electron chi connectivity index (χ3n) is 4.87. The minimum absolute atomic E-state index is 0. The minimum atomic E-state index is -0.147. The maximum atomic E-state index is 12.5. The van der Waals surface area contributed by atoms with Crippen molar-refractivity contribution < 1.29 is 14.3 Å². The number of benzene rings is 1. The number of hydrogen-bond acceptors (Lipinski definition) is 5. The second kappa shape index (κ2) is 10.7. The summed E-state index contributed by atoms with van der Waals surface area (Å²) in [7, 11) is 3.35. The van der Waals surface area contributed by atoms with Gasteiger partial charge >= 0.3 is 0 Å². The zero-order valence-corrected chi connectivity index (χ0v) is 17.3. The third kappa shape index (κ3) is 5.69. The van der Waals surface area contributed by atoms with Crippen LogP contribution in [0.15, 0.2) is 30.3 Å². The Labute approximate surface area is 172 Å². The van der Waals surface area contributed by atoms with Crippen molar-refractivity contribution >= 4 is 41.6 Å². The number of aromatic nitrogens is 1. The lowest BCUT2D eigenvalue weighted by Gasteiger charge is -2.37. The van der Waals surface area contributed by atoms with Gasteiger partial charge in [0.2, 0.25) is 0 Å². The molecule has 6 nitrogen and oxygen atoms in total. The lowest BCUT2D eigenvalue weighted by atomic mass is 9.79. The van der Waals surface area contributed by atoms with Gasteiger partial charge in [-0.1, -0.05) is 6.07 Å². The molecule has 0 spiro atoms. The van der Waals surface area contributed by atoms with Crippen molar-refractivity contribution in [3.05, 3.63) is 36.0 Å². The van der Waals surface area contributed by atoms with Crippen LogP contribution in [0.5, 0.6) is 5.75 Å². The topological polar surface area (TPSA) is 72.5 Å². The number of pyridine rings is 1. The summed E-state index contributed by atoms with van der Waals surface area (Å²) in [6.07, 6.45) is 1.98. The monoisotopic (exact) mass is 415 g/mol. The first-order valence-electron chi connectivity index (χ1n) is 8.58. The minimum Gasteiger partial charge on any atom is -0.497 e. The number of carbonyl (C=O) groups excluding carboxylic acids is 1. The van der Waals surface area contributed by atoms with E-state index in [2.05, 4.69) is 15.6 Å². The van der Waals surface area contributed by atoms with Crippen LogP contribution in [0.4, 0.5) is 0 Å². The Morgan fingerprint density at radius 1 is 1.19 bits per heavy atom. The van der Waals surface area contributed by atoms with Gasteiger partial charge in [-0.05, 0) is 50.2 Å². The molecular weight excluding hydrogens is 389 g/mol. The van der Waals surface area contributed by atoms with Gasteiger partial charge in [-0.2, -0.15) is 0 Å². The van der Waals surface area contributed by atoms with Gasteiger partial charge < -0.3 is 20.1 Å². The molecule has 1 saturated heterocycles. The average molecular weight is 416 g/mol. The van der Waals surface area contributed by atoms with E-state index in [1.807, 2.05) is 24.3 Å². The van der Waals surface area contributed by atoms with Gasteiger partial charge in [0.15, 0.2) is 0 Å². The van der Waals surface area contributed by atoms with E-state index >= 15 is 0 Å². The first-order valence-corrected chi connectivity index (χ1v) is 8.58. The summed E-state index contributed by atoms with van der Waals surface area (Å²) in [6, 6.07) is 9.27. The number of fused-ring (bicyclic) bond motifs is 1. The fourth-order valence-corrected chi connectivity index (χ4v) is 3.35. The molecule has 0 saturated carbocycles. The third-order valence-corrected chi connectivity index (χ3v) is 4.87.